The van der Waals surface area contributed by atoms with Crippen LogP contribution in [0.2, 0.25) is 0 Å². The first-order valence-electron chi connectivity index (χ1n) is 5.26. The van der Waals surface area contributed by atoms with Gasteiger partial charge in [0, 0.05) is 20.0 Å². The average molecular weight is 216 g/mol. The van der Waals surface area contributed by atoms with Gasteiger partial charge in [-0.05, 0) is 13.3 Å². The average Bonchev–Trinajstić information content (AvgIpc) is 2.24. The first-order valence-corrected chi connectivity index (χ1v) is 5.26. The maximum absolute atomic E-state index is 11.3. The summed E-state index contributed by atoms with van der Waals surface area (Å²) in [7, 11) is 1.59. The molecule has 0 aromatic rings. The van der Waals surface area contributed by atoms with E-state index in [4.69, 9.17) is 4.74 Å². The van der Waals surface area contributed by atoms with Crippen molar-refractivity contribution in [2.75, 3.05) is 20.2 Å². The van der Waals surface area contributed by atoms with Crippen molar-refractivity contribution in [3.05, 3.63) is 0 Å². The molecule has 0 aromatic carbocycles. The van der Waals surface area contributed by atoms with E-state index in [-0.39, 0.29) is 17.9 Å². The van der Waals surface area contributed by atoms with Gasteiger partial charge in [0.05, 0.1) is 6.61 Å². The Morgan fingerprint density at radius 2 is 2.00 bits per heavy atom. The Morgan fingerprint density at radius 1 is 1.33 bits per heavy atom. The molecule has 15 heavy (non-hydrogen) atoms. The fourth-order valence-corrected chi connectivity index (χ4v) is 1.12. The maximum Gasteiger partial charge on any atom is 0.323 e. The number of esters is 1. The largest absolute Gasteiger partial charge is 0.465 e. The van der Waals surface area contributed by atoms with Crippen LogP contribution in [0.4, 0.5) is 0 Å². The highest BCUT2D eigenvalue weighted by molar-refractivity contribution is 5.77. The van der Waals surface area contributed by atoms with Crippen molar-refractivity contribution in [3.8, 4) is 0 Å². The zero-order chi connectivity index (χ0) is 11.7. The topological polar surface area (TPSA) is 67.4 Å². The quantitative estimate of drug-likeness (QED) is 0.590. The Morgan fingerprint density at radius 3 is 2.47 bits per heavy atom. The van der Waals surface area contributed by atoms with Crippen molar-refractivity contribution in [2.24, 2.45) is 0 Å². The molecule has 0 aromatic heterocycles. The van der Waals surface area contributed by atoms with Gasteiger partial charge >= 0.3 is 5.97 Å². The van der Waals surface area contributed by atoms with Gasteiger partial charge in [-0.3, -0.25) is 9.59 Å². The highest BCUT2D eigenvalue weighted by Gasteiger charge is 2.16. The van der Waals surface area contributed by atoms with Crippen molar-refractivity contribution in [1.29, 1.82) is 0 Å². The smallest absolute Gasteiger partial charge is 0.323 e. The zero-order valence-electron chi connectivity index (χ0n) is 9.63. The van der Waals surface area contributed by atoms with Gasteiger partial charge < -0.3 is 15.4 Å². The van der Waals surface area contributed by atoms with Gasteiger partial charge in [0.2, 0.25) is 5.91 Å². The Balaban J connectivity index is 3.79. The van der Waals surface area contributed by atoms with Gasteiger partial charge in [-0.2, -0.15) is 0 Å². The van der Waals surface area contributed by atoms with Crippen molar-refractivity contribution >= 4 is 11.9 Å². The molecular formula is C10H20N2O3. The van der Waals surface area contributed by atoms with E-state index in [1.165, 1.54) is 0 Å². The molecule has 0 spiro atoms. The first-order chi connectivity index (χ1) is 7.15. The number of nitrogens with one attached hydrogen (secondary N) is 2. The highest BCUT2D eigenvalue weighted by atomic mass is 16.5. The molecule has 0 fully saturated rings. The molecule has 0 aliphatic heterocycles. The second-order valence-electron chi connectivity index (χ2n) is 3.09. The Bertz CT molecular complexity index is 207. The maximum atomic E-state index is 11.3. The van der Waals surface area contributed by atoms with Gasteiger partial charge in [0.1, 0.15) is 6.04 Å². The highest BCUT2D eigenvalue weighted by Crippen LogP contribution is 1.95. The minimum Gasteiger partial charge on any atom is -0.465 e. The summed E-state index contributed by atoms with van der Waals surface area (Å²) in [4.78, 5) is 22.2. The zero-order valence-corrected chi connectivity index (χ0v) is 9.63. The third kappa shape index (κ3) is 6.06. The first kappa shape index (κ1) is 13.9. The summed E-state index contributed by atoms with van der Waals surface area (Å²) < 4.78 is 4.88. The predicted octanol–water partition coefficient (Wildman–Crippen LogP) is 0.0538. The fourth-order valence-electron chi connectivity index (χ4n) is 1.12. The molecule has 0 aliphatic rings. The van der Waals surface area contributed by atoms with Gasteiger partial charge in [0.15, 0.2) is 0 Å². The molecule has 88 valence electrons. The number of amides is 1. The lowest BCUT2D eigenvalue weighted by atomic mass is 10.2. The molecule has 1 unspecified atom stereocenters. The summed E-state index contributed by atoms with van der Waals surface area (Å²) in [6, 6.07) is -0.311. The molecule has 0 heterocycles. The fraction of sp³-hybridized carbons (Fsp3) is 0.800. The SMILES string of the molecule is CCOC(=O)C(CC)NCCC(=O)NC. The summed E-state index contributed by atoms with van der Waals surface area (Å²) in [5.74, 6) is -0.293. The molecule has 5 nitrogen and oxygen atoms in total. The van der Waals surface area contributed by atoms with Crippen LogP contribution in [0.3, 0.4) is 0 Å². The third-order valence-corrected chi connectivity index (χ3v) is 2.00. The van der Waals surface area contributed by atoms with E-state index in [1.54, 1.807) is 14.0 Å². The van der Waals surface area contributed by atoms with E-state index in [1.807, 2.05) is 6.92 Å². The predicted molar refractivity (Wildman–Crippen MR) is 57.4 cm³/mol. The number of hydrogen-bond acceptors (Lipinski definition) is 4. The Hall–Kier alpha value is -1.10. The summed E-state index contributed by atoms with van der Waals surface area (Å²) in [5, 5.41) is 5.50. The van der Waals surface area contributed by atoms with E-state index < -0.39 is 0 Å². The molecule has 5 heteroatoms. The molecule has 0 saturated carbocycles. The molecule has 1 amide bonds. The van der Waals surface area contributed by atoms with Gasteiger partial charge in [-0.25, -0.2) is 0 Å². The lowest BCUT2D eigenvalue weighted by molar-refractivity contribution is -0.145. The van der Waals surface area contributed by atoms with Crippen LogP contribution in [0.5, 0.6) is 0 Å². The van der Waals surface area contributed by atoms with Crippen molar-refractivity contribution in [2.45, 2.75) is 32.7 Å². The van der Waals surface area contributed by atoms with Crippen LogP contribution < -0.4 is 10.6 Å². The molecule has 0 rings (SSSR count). The Labute approximate surface area is 90.6 Å². The summed E-state index contributed by atoms with van der Waals surface area (Å²) in [5.41, 5.74) is 0. The normalized spacial score (nSPS) is 11.9. The summed E-state index contributed by atoms with van der Waals surface area (Å²) in [6.07, 6.45) is 1.03. The molecule has 0 saturated heterocycles. The molecular weight excluding hydrogens is 196 g/mol. The van der Waals surface area contributed by atoms with E-state index in [2.05, 4.69) is 10.6 Å². The minimum atomic E-state index is -0.311. The number of carbonyl (C=O) groups excluding carboxylic acids is 2. The van der Waals surface area contributed by atoms with Crippen LogP contribution in [0.25, 0.3) is 0 Å². The van der Waals surface area contributed by atoms with Crippen molar-refractivity contribution < 1.29 is 14.3 Å². The molecule has 2 N–H and O–H groups in total. The molecule has 1 atom stereocenters. The monoisotopic (exact) mass is 216 g/mol. The minimum absolute atomic E-state index is 0.0405. The Kier molecular flexibility index (Phi) is 7.62. The number of ether oxygens (including phenoxy) is 1. The van der Waals surface area contributed by atoms with E-state index in [9.17, 15) is 9.59 Å². The standard InChI is InChI=1S/C10H20N2O3/c1-4-8(10(14)15-5-2)12-7-6-9(13)11-3/h8,12H,4-7H2,1-3H3,(H,11,13). The lowest BCUT2D eigenvalue weighted by Crippen LogP contribution is -2.39. The third-order valence-electron chi connectivity index (χ3n) is 2.00. The number of rotatable bonds is 7. The second kappa shape index (κ2) is 8.23. The molecule has 0 aliphatic carbocycles. The van der Waals surface area contributed by atoms with E-state index in [0.717, 1.165) is 0 Å². The van der Waals surface area contributed by atoms with Crippen LogP contribution in [0.15, 0.2) is 0 Å². The summed E-state index contributed by atoms with van der Waals surface area (Å²) in [6.45, 7) is 4.53. The molecule has 0 radical (unpaired) electrons. The number of carbonyl (C=O) groups is 2. The van der Waals surface area contributed by atoms with E-state index in [0.29, 0.717) is 26.0 Å². The van der Waals surface area contributed by atoms with Crippen LogP contribution >= 0.6 is 0 Å². The number of hydrogen-bond donors (Lipinski definition) is 2. The lowest BCUT2D eigenvalue weighted by Gasteiger charge is -2.14. The van der Waals surface area contributed by atoms with Crippen LogP contribution in [0.1, 0.15) is 26.7 Å². The van der Waals surface area contributed by atoms with Crippen LogP contribution in [-0.4, -0.2) is 38.1 Å². The second-order valence-corrected chi connectivity index (χ2v) is 3.09. The van der Waals surface area contributed by atoms with Gasteiger partial charge in [-0.1, -0.05) is 6.92 Å². The van der Waals surface area contributed by atoms with Gasteiger partial charge in [-0.15, -0.1) is 0 Å². The van der Waals surface area contributed by atoms with E-state index >= 15 is 0 Å². The van der Waals surface area contributed by atoms with Crippen molar-refractivity contribution in [1.82, 2.24) is 10.6 Å². The van der Waals surface area contributed by atoms with Crippen molar-refractivity contribution in [3.63, 3.8) is 0 Å². The van der Waals surface area contributed by atoms with Crippen LogP contribution in [-0.2, 0) is 14.3 Å². The molecule has 0 bridgehead atoms. The van der Waals surface area contributed by atoms with Gasteiger partial charge in [0.25, 0.3) is 0 Å². The van der Waals surface area contributed by atoms with Crippen LogP contribution in [0, 0.1) is 0 Å². The summed E-state index contributed by atoms with van der Waals surface area (Å²) >= 11 is 0.